The van der Waals surface area contributed by atoms with E-state index in [0.29, 0.717) is 11.1 Å². The molecule has 24 heavy (non-hydrogen) atoms. The van der Waals surface area contributed by atoms with Gasteiger partial charge in [0.2, 0.25) is 0 Å². The summed E-state index contributed by atoms with van der Waals surface area (Å²) in [6.07, 6.45) is 3.32. The smallest absolute Gasteiger partial charge is 0.131 e. The number of hydrogen-bond donors (Lipinski definition) is 2. The number of aromatic nitrogens is 1. The van der Waals surface area contributed by atoms with Gasteiger partial charge < -0.3 is 11.1 Å². The van der Waals surface area contributed by atoms with Crippen LogP contribution in [0.3, 0.4) is 0 Å². The van der Waals surface area contributed by atoms with Crippen LogP contribution >= 0.6 is 45.9 Å². The van der Waals surface area contributed by atoms with Crippen molar-refractivity contribution in [3.8, 4) is 0 Å². The van der Waals surface area contributed by atoms with Crippen LogP contribution < -0.4 is 11.1 Å². The highest BCUT2D eigenvalue weighted by Crippen LogP contribution is 2.47. The molecule has 3 nitrogen and oxygen atoms in total. The standard InChI is InChI=1S/C17H17Cl2N3S2/c18-13-7-12(21-8-9-3-2-6-23-9)17-15(22-13)14(19)16(24-17)10-4-1-5-11(10)20/h2-3,6-7,10-11H,1,4-5,8,20H2,(H,21,22)/t10-,11-/m1/s1. The molecule has 2 atom stereocenters. The van der Waals surface area contributed by atoms with Crippen LogP contribution in [0, 0.1) is 0 Å². The van der Waals surface area contributed by atoms with Crippen LogP contribution in [0.4, 0.5) is 5.69 Å². The molecule has 4 rings (SSSR count). The molecule has 1 fully saturated rings. The van der Waals surface area contributed by atoms with Crippen LogP contribution in [0.2, 0.25) is 10.2 Å². The van der Waals surface area contributed by atoms with Gasteiger partial charge in [-0.1, -0.05) is 35.7 Å². The van der Waals surface area contributed by atoms with Crippen molar-refractivity contribution in [2.75, 3.05) is 5.32 Å². The first-order valence-corrected chi connectivity index (χ1v) is 10.4. The van der Waals surface area contributed by atoms with Gasteiger partial charge in [-0.3, -0.25) is 0 Å². The van der Waals surface area contributed by atoms with Crippen LogP contribution in [-0.4, -0.2) is 11.0 Å². The summed E-state index contributed by atoms with van der Waals surface area (Å²) in [4.78, 5) is 6.90. The maximum absolute atomic E-state index is 6.65. The first-order chi connectivity index (χ1) is 11.6. The monoisotopic (exact) mass is 397 g/mol. The Kier molecular flexibility index (Phi) is 4.71. The van der Waals surface area contributed by atoms with E-state index in [4.69, 9.17) is 28.9 Å². The van der Waals surface area contributed by atoms with E-state index in [1.54, 1.807) is 22.7 Å². The van der Waals surface area contributed by atoms with E-state index in [1.807, 2.05) is 6.07 Å². The summed E-state index contributed by atoms with van der Waals surface area (Å²) >= 11 is 16.3. The van der Waals surface area contributed by atoms with Crippen molar-refractivity contribution in [1.29, 1.82) is 0 Å². The summed E-state index contributed by atoms with van der Waals surface area (Å²) in [5.74, 6) is 0.334. The average Bonchev–Trinajstić information content (AvgIpc) is 3.27. The number of nitrogens with zero attached hydrogens (tertiary/aromatic N) is 1. The summed E-state index contributed by atoms with van der Waals surface area (Å²) in [6.45, 7) is 0.765. The highest BCUT2D eigenvalue weighted by atomic mass is 35.5. The third kappa shape index (κ3) is 3.04. The zero-order valence-corrected chi connectivity index (χ0v) is 16.0. The Labute approximate surface area is 158 Å². The number of hydrogen-bond acceptors (Lipinski definition) is 5. The zero-order chi connectivity index (χ0) is 16.7. The number of halogens is 2. The number of rotatable bonds is 4. The molecule has 1 saturated carbocycles. The molecule has 3 aromatic heterocycles. The molecule has 0 radical (unpaired) electrons. The van der Waals surface area contributed by atoms with Gasteiger partial charge in [-0.25, -0.2) is 4.98 Å². The molecule has 7 heteroatoms. The minimum Gasteiger partial charge on any atom is -0.379 e. The quantitative estimate of drug-likeness (QED) is 0.540. The van der Waals surface area contributed by atoms with E-state index in [9.17, 15) is 0 Å². The summed E-state index contributed by atoms with van der Waals surface area (Å²) in [5.41, 5.74) is 8.06. The zero-order valence-electron chi connectivity index (χ0n) is 12.9. The Morgan fingerprint density at radius 2 is 2.21 bits per heavy atom. The molecule has 3 aromatic rings. The van der Waals surface area contributed by atoms with Gasteiger partial charge >= 0.3 is 0 Å². The molecule has 0 aromatic carbocycles. The number of nitrogens with one attached hydrogen (secondary N) is 1. The topological polar surface area (TPSA) is 50.9 Å². The predicted molar refractivity (Wildman–Crippen MR) is 106 cm³/mol. The van der Waals surface area contributed by atoms with E-state index in [-0.39, 0.29) is 6.04 Å². The summed E-state index contributed by atoms with van der Waals surface area (Å²) in [7, 11) is 0. The van der Waals surface area contributed by atoms with Crippen molar-refractivity contribution < 1.29 is 0 Å². The molecule has 3 heterocycles. The fourth-order valence-electron chi connectivity index (χ4n) is 3.31. The minimum atomic E-state index is 0.188. The van der Waals surface area contributed by atoms with Crippen LogP contribution in [0.1, 0.15) is 34.9 Å². The second-order valence-electron chi connectivity index (χ2n) is 6.08. The van der Waals surface area contributed by atoms with Gasteiger partial charge in [0.05, 0.1) is 15.4 Å². The third-order valence-corrected chi connectivity index (χ3v) is 7.43. The Bertz CT molecular complexity index is 860. The molecule has 3 N–H and O–H groups in total. The Morgan fingerprint density at radius 3 is 2.92 bits per heavy atom. The molecular formula is C17H17Cl2N3S2. The van der Waals surface area contributed by atoms with Crippen LogP contribution in [0.15, 0.2) is 23.6 Å². The van der Waals surface area contributed by atoms with Crippen LogP contribution in [0.25, 0.3) is 10.2 Å². The van der Waals surface area contributed by atoms with Gasteiger partial charge in [-0.15, -0.1) is 22.7 Å². The third-order valence-electron chi connectivity index (χ3n) is 4.52. The van der Waals surface area contributed by atoms with Crippen molar-refractivity contribution in [2.24, 2.45) is 5.73 Å². The number of thiophene rings is 2. The van der Waals surface area contributed by atoms with Gasteiger partial charge in [0, 0.05) is 34.3 Å². The lowest BCUT2D eigenvalue weighted by Crippen LogP contribution is -2.22. The maximum Gasteiger partial charge on any atom is 0.131 e. The van der Waals surface area contributed by atoms with Gasteiger partial charge in [-0.2, -0.15) is 0 Å². The van der Waals surface area contributed by atoms with Gasteiger partial charge in [-0.05, 0) is 24.3 Å². The number of fused-ring (bicyclic) bond motifs is 1. The molecule has 0 unspecified atom stereocenters. The van der Waals surface area contributed by atoms with Crippen molar-refractivity contribution in [3.63, 3.8) is 0 Å². The molecule has 0 amide bonds. The lowest BCUT2D eigenvalue weighted by atomic mass is 10.0. The molecule has 126 valence electrons. The summed E-state index contributed by atoms with van der Waals surface area (Å²) in [5, 5.41) is 6.73. The van der Waals surface area contributed by atoms with E-state index in [2.05, 4.69) is 27.8 Å². The fraction of sp³-hybridized carbons (Fsp3) is 0.353. The largest absolute Gasteiger partial charge is 0.379 e. The van der Waals surface area contributed by atoms with Crippen LogP contribution in [0.5, 0.6) is 0 Å². The second kappa shape index (κ2) is 6.81. The molecular weight excluding hydrogens is 381 g/mol. The highest BCUT2D eigenvalue weighted by molar-refractivity contribution is 7.20. The molecule has 0 saturated heterocycles. The van der Waals surface area contributed by atoms with Crippen LogP contribution in [-0.2, 0) is 6.54 Å². The van der Waals surface area contributed by atoms with Crippen molar-refractivity contribution >= 4 is 61.8 Å². The van der Waals surface area contributed by atoms with Crippen molar-refractivity contribution in [3.05, 3.63) is 43.5 Å². The Morgan fingerprint density at radius 1 is 1.33 bits per heavy atom. The van der Waals surface area contributed by atoms with Crippen molar-refractivity contribution in [1.82, 2.24) is 4.98 Å². The minimum absolute atomic E-state index is 0.188. The summed E-state index contributed by atoms with van der Waals surface area (Å²) < 4.78 is 1.06. The maximum atomic E-state index is 6.65. The molecule has 1 aliphatic rings. The molecule has 0 aliphatic heterocycles. The Balaban J connectivity index is 1.73. The van der Waals surface area contributed by atoms with Gasteiger partial charge in [0.15, 0.2) is 0 Å². The van der Waals surface area contributed by atoms with E-state index >= 15 is 0 Å². The van der Waals surface area contributed by atoms with Gasteiger partial charge in [0.1, 0.15) is 10.7 Å². The SMILES string of the molecule is N[C@@H]1CCC[C@H]1c1sc2c(NCc3cccs3)cc(Cl)nc2c1Cl. The number of pyridine rings is 1. The van der Waals surface area contributed by atoms with Crippen molar-refractivity contribution in [2.45, 2.75) is 37.8 Å². The Hall–Kier alpha value is -0.850. The fourth-order valence-corrected chi connectivity index (χ4v) is 5.93. The predicted octanol–water partition coefficient (Wildman–Crippen LogP) is 5.87. The number of anilines is 1. The molecule has 0 spiro atoms. The van der Waals surface area contributed by atoms with E-state index < -0.39 is 0 Å². The summed E-state index contributed by atoms with van der Waals surface area (Å²) in [6, 6.07) is 6.23. The lowest BCUT2D eigenvalue weighted by Gasteiger charge is -2.13. The van der Waals surface area contributed by atoms with Gasteiger partial charge in [0.25, 0.3) is 0 Å². The first-order valence-electron chi connectivity index (χ1n) is 7.93. The number of nitrogens with two attached hydrogens (primary N) is 1. The molecule has 1 aliphatic carbocycles. The second-order valence-corrected chi connectivity index (χ2v) is 8.93. The average molecular weight is 398 g/mol. The normalized spacial score (nSPS) is 20.8. The van der Waals surface area contributed by atoms with E-state index in [0.717, 1.165) is 51.6 Å². The van der Waals surface area contributed by atoms with E-state index in [1.165, 1.54) is 4.88 Å². The lowest BCUT2D eigenvalue weighted by molar-refractivity contribution is 0.622. The first kappa shape index (κ1) is 16.6. The molecule has 0 bridgehead atoms. The highest BCUT2D eigenvalue weighted by Gasteiger charge is 2.30.